The van der Waals surface area contributed by atoms with Crippen molar-refractivity contribution in [2.75, 3.05) is 6.54 Å². The van der Waals surface area contributed by atoms with Crippen molar-refractivity contribution in [1.82, 2.24) is 14.9 Å². The topological polar surface area (TPSA) is 85.1 Å². The Bertz CT molecular complexity index is 654. The lowest BCUT2D eigenvalue weighted by Crippen LogP contribution is -2.25. The van der Waals surface area contributed by atoms with Crippen LogP contribution >= 0.6 is 11.3 Å². The summed E-state index contributed by atoms with van der Waals surface area (Å²) >= 11 is 1.18. The van der Waals surface area contributed by atoms with Gasteiger partial charge in [0.1, 0.15) is 4.21 Å². The number of sulfonamides is 1. The summed E-state index contributed by atoms with van der Waals surface area (Å²) in [5.74, 6) is 1.05. The van der Waals surface area contributed by atoms with Crippen LogP contribution in [0.15, 0.2) is 26.2 Å². The van der Waals surface area contributed by atoms with Gasteiger partial charge in [0.2, 0.25) is 15.9 Å². The molecule has 0 spiro atoms. The minimum Gasteiger partial charge on any atom is -0.339 e. The van der Waals surface area contributed by atoms with Gasteiger partial charge in [-0.05, 0) is 11.4 Å². The van der Waals surface area contributed by atoms with Crippen molar-refractivity contribution in [3.63, 3.8) is 0 Å². The van der Waals surface area contributed by atoms with E-state index in [-0.39, 0.29) is 12.0 Å². The highest BCUT2D eigenvalue weighted by atomic mass is 32.2. The highest BCUT2D eigenvalue weighted by molar-refractivity contribution is 7.91. The van der Waals surface area contributed by atoms with Gasteiger partial charge in [0, 0.05) is 18.4 Å². The Balaban J connectivity index is 1.92. The zero-order valence-corrected chi connectivity index (χ0v) is 13.2. The summed E-state index contributed by atoms with van der Waals surface area (Å²) in [6.45, 7) is 6.17. The molecular weight excluding hydrogens is 298 g/mol. The van der Waals surface area contributed by atoms with E-state index in [0.717, 1.165) is 0 Å². The molecule has 2 heterocycles. The molecule has 8 heteroatoms. The number of hydrogen-bond donors (Lipinski definition) is 1. The van der Waals surface area contributed by atoms with Crippen molar-refractivity contribution < 1.29 is 12.9 Å². The molecule has 0 radical (unpaired) electrons. The molecule has 0 aliphatic carbocycles. The van der Waals surface area contributed by atoms with E-state index in [2.05, 4.69) is 14.9 Å². The van der Waals surface area contributed by atoms with Gasteiger partial charge in [-0.3, -0.25) is 0 Å². The molecule has 1 N–H and O–H groups in total. The van der Waals surface area contributed by atoms with Gasteiger partial charge in [0.05, 0.1) is 0 Å². The first-order valence-electron chi connectivity index (χ1n) is 6.15. The second-order valence-electron chi connectivity index (χ2n) is 5.35. The molecule has 0 aliphatic rings. The summed E-state index contributed by atoms with van der Waals surface area (Å²) in [6.07, 6.45) is 0.393. The molecule has 0 saturated carbocycles. The highest BCUT2D eigenvalue weighted by Crippen LogP contribution is 2.19. The number of nitrogens with zero attached hydrogens (tertiary/aromatic N) is 2. The molecule has 0 amide bonds. The first kappa shape index (κ1) is 15.1. The van der Waals surface area contributed by atoms with E-state index >= 15 is 0 Å². The standard InChI is InChI=1S/C12H17N3O3S2/c1-12(2,3)11-14-9(15-18-11)6-7-13-20(16,17)10-5-4-8-19-10/h4-5,8,13H,6-7H2,1-3H3. The van der Waals surface area contributed by atoms with Crippen LogP contribution in [0.5, 0.6) is 0 Å². The van der Waals surface area contributed by atoms with E-state index in [1.54, 1.807) is 17.5 Å². The van der Waals surface area contributed by atoms with Gasteiger partial charge in [-0.25, -0.2) is 13.1 Å². The Morgan fingerprint density at radius 1 is 1.40 bits per heavy atom. The van der Waals surface area contributed by atoms with Crippen molar-refractivity contribution in [3.8, 4) is 0 Å². The summed E-state index contributed by atoms with van der Waals surface area (Å²) in [6, 6.07) is 3.27. The molecule has 0 unspecified atom stereocenters. The lowest BCUT2D eigenvalue weighted by molar-refractivity contribution is 0.318. The second kappa shape index (κ2) is 5.63. The van der Waals surface area contributed by atoms with Gasteiger partial charge in [-0.15, -0.1) is 11.3 Å². The molecule has 2 aromatic rings. The van der Waals surface area contributed by atoms with Gasteiger partial charge < -0.3 is 4.52 Å². The van der Waals surface area contributed by atoms with Crippen LogP contribution in [-0.4, -0.2) is 25.1 Å². The maximum atomic E-state index is 11.9. The van der Waals surface area contributed by atoms with Crippen LogP contribution in [0.1, 0.15) is 32.5 Å². The van der Waals surface area contributed by atoms with Crippen LogP contribution in [0.3, 0.4) is 0 Å². The largest absolute Gasteiger partial charge is 0.339 e. The molecule has 2 rings (SSSR count). The van der Waals surface area contributed by atoms with E-state index in [1.165, 1.54) is 11.3 Å². The molecule has 0 saturated heterocycles. The van der Waals surface area contributed by atoms with Crippen molar-refractivity contribution >= 4 is 21.4 Å². The number of hydrogen-bond acceptors (Lipinski definition) is 6. The fourth-order valence-corrected chi connectivity index (χ4v) is 3.51. The van der Waals surface area contributed by atoms with E-state index in [0.29, 0.717) is 22.3 Å². The number of nitrogens with one attached hydrogen (secondary N) is 1. The van der Waals surface area contributed by atoms with Crippen LogP contribution in [0.4, 0.5) is 0 Å². The van der Waals surface area contributed by atoms with Gasteiger partial charge in [0.15, 0.2) is 5.82 Å². The fourth-order valence-electron chi connectivity index (χ4n) is 1.44. The normalized spacial score (nSPS) is 12.8. The summed E-state index contributed by atoms with van der Waals surface area (Å²) in [5, 5.41) is 5.57. The van der Waals surface area contributed by atoms with E-state index in [9.17, 15) is 8.42 Å². The molecule has 20 heavy (non-hydrogen) atoms. The molecule has 6 nitrogen and oxygen atoms in total. The van der Waals surface area contributed by atoms with Crippen LogP contribution in [0, 0.1) is 0 Å². The number of rotatable bonds is 5. The van der Waals surface area contributed by atoms with Gasteiger partial charge >= 0.3 is 0 Å². The zero-order valence-electron chi connectivity index (χ0n) is 11.6. The molecule has 0 atom stereocenters. The average molecular weight is 315 g/mol. The first-order chi connectivity index (χ1) is 9.29. The summed E-state index contributed by atoms with van der Waals surface area (Å²) in [5.41, 5.74) is -0.207. The fraction of sp³-hybridized carbons (Fsp3) is 0.500. The number of thiophene rings is 1. The van der Waals surface area contributed by atoms with Crippen molar-refractivity contribution in [2.45, 2.75) is 36.8 Å². The minimum absolute atomic E-state index is 0.207. The smallest absolute Gasteiger partial charge is 0.250 e. The first-order valence-corrected chi connectivity index (χ1v) is 8.51. The molecular formula is C12H17N3O3S2. The SMILES string of the molecule is CC(C)(C)c1nc(CCNS(=O)(=O)c2cccs2)no1. The van der Waals surface area contributed by atoms with Gasteiger partial charge in [-0.1, -0.05) is 32.0 Å². The summed E-state index contributed by atoms with van der Waals surface area (Å²) in [7, 11) is -3.43. The molecule has 0 fully saturated rings. The highest BCUT2D eigenvalue weighted by Gasteiger charge is 2.22. The Labute approximate surface area is 122 Å². The van der Waals surface area contributed by atoms with Crippen LogP contribution in [0.2, 0.25) is 0 Å². The molecule has 0 aromatic carbocycles. The quantitative estimate of drug-likeness (QED) is 0.911. The second-order valence-corrected chi connectivity index (χ2v) is 8.29. The third-order valence-electron chi connectivity index (χ3n) is 2.51. The maximum Gasteiger partial charge on any atom is 0.250 e. The predicted octanol–water partition coefficient (Wildman–Crippen LogP) is 1.95. The summed E-state index contributed by atoms with van der Waals surface area (Å²) in [4.78, 5) is 4.25. The Hall–Kier alpha value is -1.25. The predicted molar refractivity (Wildman–Crippen MR) is 76.2 cm³/mol. The third kappa shape index (κ3) is 3.65. The Morgan fingerprint density at radius 3 is 2.70 bits per heavy atom. The van der Waals surface area contributed by atoms with Gasteiger partial charge in [-0.2, -0.15) is 4.98 Å². The van der Waals surface area contributed by atoms with Crippen molar-refractivity contribution in [2.24, 2.45) is 0 Å². The van der Waals surface area contributed by atoms with Crippen LogP contribution in [0.25, 0.3) is 0 Å². The van der Waals surface area contributed by atoms with E-state index in [1.807, 2.05) is 20.8 Å². The summed E-state index contributed by atoms with van der Waals surface area (Å²) < 4.78 is 31.7. The van der Waals surface area contributed by atoms with E-state index < -0.39 is 10.0 Å². The van der Waals surface area contributed by atoms with Crippen molar-refractivity contribution in [1.29, 1.82) is 0 Å². The van der Waals surface area contributed by atoms with Crippen LogP contribution in [-0.2, 0) is 21.9 Å². The van der Waals surface area contributed by atoms with E-state index in [4.69, 9.17) is 4.52 Å². The molecule has 0 aliphatic heterocycles. The Kier molecular flexibility index (Phi) is 4.26. The Morgan fingerprint density at radius 2 is 2.15 bits per heavy atom. The molecule has 2 aromatic heterocycles. The average Bonchev–Trinajstić information content (AvgIpc) is 2.99. The monoisotopic (exact) mass is 315 g/mol. The molecule has 0 bridgehead atoms. The lowest BCUT2D eigenvalue weighted by Gasteiger charge is -2.10. The zero-order chi connectivity index (χ0) is 14.8. The number of aromatic nitrogens is 2. The van der Waals surface area contributed by atoms with Gasteiger partial charge in [0.25, 0.3) is 0 Å². The maximum absolute atomic E-state index is 11.9. The lowest BCUT2D eigenvalue weighted by atomic mass is 9.97. The third-order valence-corrected chi connectivity index (χ3v) is 5.37. The molecule has 110 valence electrons. The van der Waals surface area contributed by atoms with Crippen molar-refractivity contribution in [3.05, 3.63) is 29.2 Å². The van der Waals surface area contributed by atoms with Crippen LogP contribution < -0.4 is 4.72 Å². The minimum atomic E-state index is -3.43.